The normalized spacial score (nSPS) is 16.6. The number of aryl methyl sites for hydroxylation is 1. The summed E-state index contributed by atoms with van der Waals surface area (Å²) >= 11 is 0. The molecule has 1 saturated carbocycles. The number of furan rings is 1. The quantitative estimate of drug-likeness (QED) is 0.790. The standard InChI is InChI=1S/C14H19NO4/c16-12(5-4-11-3-1-8-19-11)15-10-14(6-2-7-14)9-13(17)18/h1,3,8H,2,4-7,9-10H2,(H,15,16)(H,17,18). The molecule has 104 valence electrons. The van der Waals surface area contributed by atoms with Gasteiger partial charge in [-0.1, -0.05) is 6.42 Å². The molecule has 19 heavy (non-hydrogen) atoms. The molecule has 1 aromatic heterocycles. The Hall–Kier alpha value is -1.78. The molecule has 0 spiro atoms. The second-order valence-electron chi connectivity index (χ2n) is 5.28. The first-order valence-electron chi connectivity index (χ1n) is 6.61. The molecule has 0 atom stereocenters. The van der Waals surface area contributed by atoms with Gasteiger partial charge in [-0.25, -0.2) is 0 Å². The van der Waals surface area contributed by atoms with Crippen molar-refractivity contribution in [3.63, 3.8) is 0 Å². The van der Waals surface area contributed by atoms with E-state index in [0.717, 1.165) is 25.0 Å². The molecule has 1 aromatic rings. The lowest BCUT2D eigenvalue weighted by atomic mass is 9.66. The van der Waals surface area contributed by atoms with E-state index in [2.05, 4.69) is 5.32 Å². The number of nitrogens with one attached hydrogen (secondary N) is 1. The molecule has 0 bridgehead atoms. The summed E-state index contributed by atoms with van der Waals surface area (Å²) in [6.07, 6.45) is 5.50. The molecule has 2 N–H and O–H groups in total. The summed E-state index contributed by atoms with van der Waals surface area (Å²) in [5, 5.41) is 11.7. The summed E-state index contributed by atoms with van der Waals surface area (Å²) in [5.74, 6) is -0.0448. The molecule has 1 aliphatic rings. The Morgan fingerprint density at radius 2 is 2.21 bits per heavy atom. The van der Waals surface area contributed by atoms with Gasteiger partial charge in [-0.3, -0.25) is 9.59 Å². The van der Waals surface area contributed by atoms with Gasteiger partial charge in [-0.05, 0) is 30.4 Å². The lowest BCUT2D eigenvalue weighted by molar-refractivity contribution is -0.141. The maximum Gasteiger partial charge on any atom is 0.303 e. The first-order chi connectivity index (χ1) is 9.10. The number of carboxylic acid groups (broad SMARTS) is 1. The molecule has 1 aliphatic carbocycles. The van der Waals surface area contributed by atoms with Crippen LogP contribution >= 0.6 is 0 Å². The topological polar surface area (TPSA) is 79.5 Å². The highest BCUT2D eigenvalue weighted by atomic mass is 16.4. The van der Waals surface area contributed by atoms with E-state index in [4.69, 9.17) is 9.52 Å². The van der Waals surface area contributed by atoms with E-state index >= 15 is 0 Å². The maximum atomic E-state index is 11.7. The number of hydrogen-bond donors (Lipinski definition) is 2. The van der Waals surface area contributed by atoms with Gasteiger partial charge in [0, 0.05) is 19.4 Å². The Kier molecular flexibility index (Phi) is 4.24. The summed E-state index contributed by atoms with van der Waals surface area (Å²) in [4.78, 5) is 22.5. The van der Waals surface area contributed by atoms with Gasteiger partial charge in [0.25, 0.3) is 0 Å². The number of aliphatic carboxylic acids is 1. The Morgan fingerprint density at radius 1 is 1.42 bits per heavy atom. The molecule has 0 saturated heterocycles. The number of hydrogen-bond acceptors (Lipinski definition) is 3. The molecule has 0 unspecified atom stereocenters. The molecule has 0 radical (unpaired) electrons. The first-order valence-corrected chi connectivity index (χ1v) is 6.61. The Labute approximate surface area is 112 Å². The number of carbonyl (C=O) groups excluding carboxylic acids is 1. The minimum Gasteiger partial charge on any atom is -0.481 e. The van der Waals surface area contributed by atoms with Crippen molar-refractivity contribution in [3.8, 4) is 0 Å². The zero-order chi connectivity index (χ0) is 13.7. The predicted molar refractivity (Wildman–Crippen MR) is 68.6 cm³/mol. The van der Waals surface area contributed by atoms with Crippen LogP contribution in [0.3, 0.4) is 0 Å². The largest absolute Gasteiger partial charge is 0.481 e. The van der Waals surface area contributed by atoms with Gasteiger partial charge < -0.3 is 14.8 Å². The zero-order valence-corrected chi connectivity index (χ0v) is 10.9. The van der Waals surface area contributed by atoms with E-state index < -0.39 is 5.97 Å². The fraction of sp³-hybridized carbons (Fsp3) is 0.571. The van der Waals surface area contributed by atoms with Gasteiger partial charge in [-0.2, -0.15) is 0 Å². The van der Waals surface area contributed by atoms with Gasteiger partial charge in [0.1, 0.15) is 5.76 Å². The van der Waals surface area contributed by atoms with E-state index in [9.17, 15) is 9.59 Å². The summed E-state index contributed by atoms with van der Waals surface area (Å²) in [6.45, 7) is 0.469. The van der Waals surface area contributed by atoms with Gasteiger partial charge in [0.15, 0.2) is 0 Å². The summed E-state index contributed by atoms with van der Waals surface area (Å²) in [5.41, 5.74) is -0.216. The van der Waals surface area contributed by atoms with Crippen molar-refractivity contribution in [3.05, 3.63) is 24.2 Å². The third kappa shape index (κ3) is 3.84. The monoisotopic (exact) mass is 265 g/mol. The van der Waals surface area contributed by atoms with Crippen LogP contribution in [-0.2, 0) is 16.0 Å². The van der Waals surface area contributed by atoms with Crippen molar-refractivity contribution in [1.29, 1.82) is 0 Å². The van der Waals surface area contributed by atoms with E-state index in [0.29, 0.717) is 19.4 Å². The molecule has 1 amide bonds. The predicted octanol–water partition coefficient (Wildman–Crippen LogP) is 1.97. The lowest BCUT2D eigenvalue weighted by Crippen LogP contribution is -2.43. The fourth-order valence-corrected chi connectivity index (χ4v) is 2.48. The van der Waals surface area contributed by atoms with Crippen molar-refractivity contribution in [2.45, 2.75) is 38.5 Å². The van der Waals surface area contributed by atoms with Crippen LogP contribution in [0.1, 0.15) is 37.9 Å². The Bertz CT molecular complexity index is 434. The molecule has 5 heteroatoms. The maximum absolute atomic E-state index is 11.7. The van der Waals surface area contributed by atoms with Crippen LogP contribution in [0.15, 0.2) is 22.8 Å². The average molecular weight is 265 g/mol. The molecule has 0 aromatic carbocycles. The number of amides is 1. The van der Waals surface area contributed by atoms with Crippen molar-refractivity contribution >= 4 is 11.9 Å². The van der Waals surface area contributed by atoms with Gasteiger partial charge in [0.2, 0.25) is 5.91 Å². The smallest absolute Gasteiger partial charge is 0.303 e. The summed E-state index contributed by atoms with van der Waals surface area (Å²) < 4.78 is 5.16. The Balaban J connectivity index is 1.72. The van der Waals surface area contributed by atoms with Crippen LogP contribution in [0, 0.1) is 5.41 Å². The highest BCUT2D eigenvalue weighted by Gasteiger charge is 2.39. The molecule has 1 heterocycles. The Morgan fingerprint density at radius 3 is 2.74 bits per heavy atom. The lowest BCUT2D eigenvalue weighted by Gasteiger charge is -2.40. The van der Waals surface area contributed by atoms with E-state index in [1.807, 2.05) is 6.07 Å². The van der Waals surface area contributed by atoms with E-state index in [1.54, 1.807) is 12.3 Å². The third-order valence-electron chi connectivity index (χ3n) is 3.78. The van der Waals surface area contributed by atoms with Gasteiger partial charge in [0.05, 0.1) is 12.7 Å². The highest BCUT2D eigenvalue weighted by molar-refractivity contribution is 5.76. The number of carbonyl (C=O) groups is 2. The van der Waals surface area contributed by atoms with Crippen LogP contribution in [-0.4, -0.2) is 23.5 Å². The molecular formula is C14H19NO4. The van der Waals surface area contributed by atoms with Gasteiger partial charge in [-0.15, -0.1) is 0 Å². The molecule has 1 fully saturated rings. The number of carboxylic acids is 1. The SMILES string of the molecule is O=C(O)CC1(CNC(=O)CCc2ccco2)CCC1. The van der Waals surface area contributed by atoms with Crippen LogP contribution in [0.2, 0.25) is 0 Å². The molecular weight excluding hydrogens is 246 g/mol. The van der Waals surface area contributed by atoms with E-state index in [1.165, 1.54) is 0 Å². The van der Waals surface area contributed by atoms with Crippen LogP contribution in [0.4, 0.5) is 0 Å². The first kappa shape index (κ1) is 13.6. The molecule has 5 nitrogen and oxygen atoms in total. The second kappa shape index (κ2) is 5.91. The fourth-order valence-electron chi connectivity index (χ4n) is 2.48. The van der Waals surface area contributed by atoms with Crippen molar-refractivity contribution in [2.75, 3.05) is 6.54 Å². The van der Waals surface area contributed by atoms with Crippen LogP contribution < -0.4 is 5.32 Å². The third-order valence-corrected chi connectivity index (χ3v) is 3.78. The van der Waals surface area contributed by atoms with Crippen molar-refractivity contribution < 1.29 is 19.1 Å². The van der Waals surface area contributed by atoms with Gasteiger partial charge >= 0.3 is 5.97 Å². The van der Waals surface area contributed by atoms with Crippen LogP contribution in [0.25, 0.3) is 0 Å². The van der Waals surface area contributed by atoms with Crippen LogP contribution in [0.5, 0.6) is 0 Å². The number of rotatable bonds is 7. The second-order valence-corrected chi connectivity index (χ2v) is 5.28. The van der Waals surface area contributed by atoms with E-state index in [-0.39, 0.29) is 17.7 Å². The highest BCUT2D eigenvalue weighted by Crippen LogP contribution is 2.43. The van der Waals surface area contributed by atoms with Crippen molar-refractivity contribution in [2.24, 2.45) is 5.41 Å². The average Bonchev–Trinajstić information content (AvgIpc) is 2.82. The molecule has 2 rings (SSSR count). The summed E-state index contributed by atoms with van der Waals surface area (Å²) in [6, 6.07) is 3.63. The minimum absolute atomic E-state index is 0.0481. The summed E-state index contributed by atoms with van der Waals surface area (Å²) in [7, 11) is 0. The molecule has 0 aliphatic heterocycles. The van der Waals surface area contributed by atoms with Crippen molar-refractivity contribution in [1.82, 2.24) is 5.32 Å². The minimum atomic E-state index is -0.787. The zero-order valence-electron chi connectivity index (χ0n) is 10.9.